The first-order chi connectivity index (χ1) is 6.04. The summed E-state index contributed by atoms with van der Waals surface area (Å²) in [6.45, 7) is 7.66. The molecule has 0 aromatic carbocycles. The molecule has 3 N–H and O–H groups in total. The minimum absolute atomic E-state index is 0.183. The fourth-order valence-electron chi connectivity index (χ4n) is 1.45. The Morgan fingerprint density at radius 1 is 1.46 bits per heavy atom. The first-order valence-corrected chi connectivity index (χ1v) is 4.99. The van der Waals surface area contributed by atoms with Gasteiger partial charge < -0.3 is 15.6 Å². The van der Waals surface area contributed by atoms with Crippen molar-refractivity contribution in [3.05, 3.63) is 0 Å². The summed E-state index contributed by atoms with van der Waals surface area (Å²) in [5.41, 5.74) is 5.43. The standard InChI is InChI=1S/C10H23NO2/c1-9(2)7-10(3,8-11)13-6-4-5-12/h9,12H,4-8,11H2,1-3H3. The molecule has 0 rings (SSSR count). The zero-order valence-electron chi connectivity index (χ0n) is 9.05. The van der Waals surface area contributed by atoms with Crippen molar-refractivity contribution in [3.8, 4) is 0 Å². The van der Waals surface area contributed by atoms with Gasteiger partial charge in [0.2, 0.25) is 0 Å². The molecule has 0 saturated carbocycles. The van der Waals surface area contributed by atoms with Gasteiger partial charge in [-0.15, -0.1) is 0 Å². The highest BCUT2D eigenvalue weighted by atomic mass is 16.5. The van der Waals surface area contributed by atoms with Gasteiger partial charge in [-0.1, -0.05) is 13.8 Å². The zero-order valence-corrected chi connectivity index (χ0v) is 9.05. The fraction of sp³-hybridized carbons (Fsp3) is 1.00. The lowest BCUT2D eigenvalue weighted by molar-refractivity contribution is -0.0427. The second-order valence-corrected chi connectivity index (χ2v) is 4.18. The summed E-state index contributed by atoms with van der Waals surface area (Å²) in [6.07, 6.45) is 1.66. The van der Waals surface area contributed by atoms with Crippen LogP contribution in [0.15, 0.2) is 0 Å². The predicted octanol–water partition coefficient (Wildman–Crippen LogP) is 1.15. The lowest BCUT2D eigenvalue weighted by atomic mass is 9.94. The van der Waals surface area contributed by atoms with Crippen LogP contribution in [0.2, 0.25) is 0 Å². The van der Waals surface area contributed by atoms with E-state index in [2.05, 4.69) is 13.8 Å². The Morgan fingerprint density at radius 3 is 2.46 bits per heavy atom. The summed E-state index contributed by atoms with van der Waals surface area (Å²) in [6, 6.07) is 0. The molecule has 0 bridgehead atoms. The monoisotopic (exact) mass is 189 g/mol. The SMILES string of the molecule is CC(C)CC(C)(CN)OCCCO. The van der Waals surface area contributed by atoms with Gasteiger partial charge in [0.05, 0.1) is 5.60 Å². The van der Waals surface area contributed by atoms with Crippen LogP contribution in [-0.4, -0.2) is 30.5 Å². The highest BCUT2D eigenvalue weighted by Crippen LogP contribution is 2.19. The van der Waals surface area contributed by atoms with Crippen molar-refractivity contribution in [1.82, 2.24) is 0 Å². The van der Waals surface area contributed by atoms with E-state index in [1.807, 2.05) is 6.92 Å². The molecule has 0 fully saturated rings. The summed E-state index contributed by atoms with van der Waals surface area (Å²) in [5.74, 6) is 0.586. The molecule has 0 radical (unpaired) electrons. The van der Waals surface area contributed by atoms with E-state index in [0.717, 1.165) is 6.42 Å². The van der Waals surface area contributed by atoms with Crippen molar-refractivity contribution in [2.45, 2.75) is 39.2 Å². The number of aliphatic hydroxyl groups excluding tert-OH is 1. The van der Waals surface area contributed by atoms with Crippen molar-refractivity contribution in [3.63, 3.8) is 0 Å². The molecule has 3 nitrogen and oxygen atoms in total. The third-order valence-electron chi connectivity index (χ3n) is 2.02. The Kier molecular flexibility index (Phi) is 6.29. The molecule has 0 saturated heterocycles. The lowest BCUT2D eigenvalue weighted by Crippen LogP contribution is -2.39. The van der Waals surface area contributed by atoms with Crippen molar-refractivity contribution < 1.29 is 9.84 Å². The summed E-state index contributed by atoms with van der Waals surface area (Å²) in [7, 11) is 0. The maximum absolute atomic E-state index is 8.61. The van der Waals surface area contributed by atoms with Crippen LogP contribution in [-0.2, 0) is 4.74 Å². The highest BCUT2D eigenvalue weighted by Gasteiger charge is 2.23. The molecule has 80 valence electrons. The highest BCUT2D eigenvalue weighted by molar-refractivity contribution is 4.77. The number of rotatable bonds is 7. The number of hydrogen-bond donors (Lipinski definition) is 2. The van der Waals surface area contributed by atoms with Crippen LogP contribution in [0.3, 0.4) is 0 Å². The first kappa shape index (κ1) is 12.9. The van der Waals surface area contributed by atoms with Gasteiger partial charge in [-0.2, -0.15) is 0 Å². The Bertz CT molecular complexity index is 128. The van der Waals surface area contributed by atoms with Crippen LogP contribution in [0.25, 0.3) is 0 Å². The van der Waals surface area contributed by atoms with Crippen LogP contribution in [0.1, 0.15) is 33.6 Å². The van der Waals surface area contributed by atoms with Gasteiger partial charge in [0.25, 0.3) is 0 Å². The molecule has 0 aromatic rings. The van der Waals surface area contributed by atoms with Gasteiger partial charge in [0, 0.05) is 19.8 Å². The molecule has 1 unspecified atom stereocenters. The Morgan fingerprint density at radius 2 is 2.08 bits per heavy atom. The van der Waals surface area contributed by atoms with E-state index in [1.54, 1.807) is 0 Å². The van der Waals surface area contributed by atoms with E-state index >= 15 is 0 Å². The second kappa shape index (κ2) is 6.35. The smallest absolute Gasteiger partial charge is 0.0778 e. The average Bonchev–Trinajstić information content (AvgIpc) is 2.04. The average molecular weight is 189 g/mol. The summed E-state index contributed by atoms with van der Waals surface area (Å²) in [4.78, 5) is 0. The van der Waals surface area contributed by atoms with E-state index in [4.69, 9.17) is 15.6 Å². The fourth-order valence-corrected chi connectivity index (χ4v) is 1.45. The van der Waals surface area contributed by atoms with Gasteiger partial charge in [-0.3, -0.25) is 0 Å². The molecule has 0 amide bonds. The molecule has 13 heavy (non-hydrogen) atoms. The first-order valence-electron chi connectivity index (χ1n) is 4.99. The molecular weight excluding hydrogens is 166 g/mol. The maximum atomic E-state index is 8.61. The molecule has 0 heterocycles. The minimum Gasteiger partial charge on any atom is -0.396 e. The van der Waals surface area contributed by atoms with E-state index in [0.29, 0.717) is 25.5 Å². The largest absolute Gasteiger partial charge is 0.396 e. The number of hydrogen-bond acceptors (Lipinski definition) is 3. The molecule has 0 aromatic heterocycles. The van der Waals surface area contributed by atoms with Crippen LogP contribution in [0.5, 0.6) is 0 Å². The molecule has 1 atom stereocenters. The van der Waals surface area contributed by atoms with Crippen molar-refractivity contribution >= 4 is 0 Å². The van der Waals surface area contributed by atoms with Crippen molar-refractivity contribution in [2.75, 3.05) is 19.8 Å². The van der Waals surface area contributed by atoms with E-state index in [9.17, 15) is 0 Å². The van der Waals surface area contributed by atoms with Crippen LogP contribution >= 0.6 is 0 Å². The Balaban J connectivity index is 3.81. The van der Waals surface area contributed by atoms with Gasteiger partial charge in [-0.05, 0) is 25.7 Å². The topological polar surface area (TPSA) is 55.5 Å². The normalized spacial score (nSPS) is 16.2. The molecular formula is C10H23NO2. The van der Waals surface area contributed by atoms with Crippen LogP contribution < -0.4 is 5.73 Å². The number of aliphatic hydroxyl groups is 1. The Labute approximate surface area is 81.3 Å². The van der Waals surface area contributed by atoms with Gasteiger partial charge >= 0.3 is 0 Å². The van der Waals surface area contributed by atoms with Crippen LogP contribution in [0.4, 0.5) is 0 Å². The summed E-state index contributed by atoms with van der Waals surface area (Å²) < 4.78 is 5.64. The number of ether oxygens (including phenoxy) is 1. The summed E-state index contributed by atoms with van der Waals surface area (Å²) >= 11 is 0. The summed E-state index contributed by atoms with van der Waals surface area (Å²) in [5, 5.41) is 8.61. The van der Waals surface area contributed by atoms with E-state index in [1.165, 1.54) is 0 Å². The van der Waals surface area contributed by atoms with Gasteiger partial charge in [-0.25, -0.2) is 0 Å². The zero-order chi connectivity index (χ0) is 10.3. The number of nitrogens with two attached hydrogens (primary N) is 1. The maximum Gasteiger partial charge on any atom is 0.0778 e. The predicted molar refractivity (Wildman–Crippen MR) is 54.6 cm³/mol. The second-order valence-electron chi connectivity index (χ2n) is 4.18. The molecule has 0 aliphatic heterocycles. The molecule has 0 aliphatic rings. The van der Waals surface area contributed by atoms with Crippen LogP contribution in [0, 0.1) is 5.92 Å². The molecule has 0 spiro atoms. The van der Waals surface area contributed by atoms with Gasteiger partial charge in [0.15, 0.2) is 0 Å². The van der Waals surface area contributed by atoms with Crippen molar-refractivity contribution in [1.29, 1.82) is 0 Å². The quantitative estimate of drug-likeness (QED) is 0.591. The minimum atomic E-state index is -0.219. The third-order valence-corrected chi connectivity index (χ3v) is 2.02. The Hall–Kier alpha value is -0.120. The van der Waals surface area contributed by atoms with E-state index < -0.39 is 0 Å². The van der Waals surface area contributed by atoms with Crippen molar-refractivity contribution in [2.24, 2.45) is 11.7 Å². The lowest BCUT2D eigenvalue weighted by Gasteiger charge is -2.30. The van der Waals surface area contributed by atoms with Gasteiger partial charge in [0.1, 0.15) is 0 Å². The molecule has 0 aliphatic carbocycles. The molecule has 3 heteroatoms. The van der Waals surface area contributed by atoms with E-state index in [-0.39, 0.29) is 12.2 Å². The third kappa shape index (κ3) is 6.02.